The number of carboxylic acid groups (broad SMARTS) is 1. The van der Waals surface area contributed by atoms with Crippen molar-refractivity contribution >= 4 is 34.6 Å². The van der Waals surface area contributed by atoms with Crippen LogP contribution < -0.4 is 16.5 Å². The molecule has 0 bridgehead atoms. The van der Waals surface area contributed by atoms with E-state index in [0.717, 1.165) is 0 Å². The maximum Gasteiger partial charge on any atom is 0.321 e. The number of hydrazone groups is 1. The highest BCUT2D eigenvalue weighted by molar-refractivity contribution is 6.13. The fraction of sp³-hybridized carbons (Fsp3) is 0.471. The first-order valence-electron chi connectivity index (χ1n) is 9.28. The van der Waals surface area contributed by atoms with Crippen LogP contribution in [0, 0.1) is 0 Å². The van der Waals surface area contributed by atoms with Crippen LogP contribution in [0.2, 0.25) is 0 Å². The third-order valence-electron chi connectivity index (χ3n) is 5.15. The molecule has 5 atom stereocenters. The molecule has 166 valence electrons. The van der Waals surface area contributed by atoms with Gasteiger partial charge >= 0.3 is 11.9 Å². The highest BCUT2D eigenvalue weighted by atomic mass is 16.6. The third-order valence-corrected chi connectivity index (χ3v) is 5.15. The number of rotatable bonds is 6. The van der Waals surface area contributed by atoms with Gasteiger partial charge in [-0.05, 0) is 0 Å². The summed E-state index contributed by atoms with van der Waals surface area (Å²) < 4.78 is 12.2. The Bertz CT molecular complexity index is 1070. The number of nitrogens with two attached hydrogens (primary N) is 2. The summed E-state index contributed by atoms with van der Waals surface area (Å²) in [5, 5.41) is 36.0. The van der Waals surface area contributed by atoms with Gasteiger partial charge in [-0.25, -0.2) is 15.0 Å². The van der Waals surface area contributed by atoms with Gasteiger partial charge in [-0.1, -0.05) is 0 Å². The van der Waals surface area contributed by atoms with E-state index in [1.165, 1.54) is 15.9 Å². The Hall–Kier alpha value is -3.33. The Labute approximate surface area is 174 Å². The van der Waals surface area contributed by atoms with Crippen LogP contribution in [-0.4, -0.2) is 85.6 Å². The first-order valence-corrected chi connectivity index (χ1v) is 9.28. The molecular weight excluding hydrogens is 414 g/mol. The molecule has 1 fully saturated rings. The molecule has 0 amide bonds. The van der Waals surface area contributed by atoms with E-state index in [-0.39, 0.29) is 5.84 Å². The van der Waals surface area contributed by atoms with Crippen molar-refractivity contribution in [1.82, 2.24) is 14.5 Å². The fourth-order valence-electron chi connectivity index (χ4n) is 3.56. The number of aliphatic carboxylic acids is 1. The molecule has 14 heteroatoms. The van der Waals surface area contributed by atoms with Crippen LogP contribution in [0.25, 0.3) is 11.0 Å². The van der Waals surface area contributed by atoms with E-state index in [9.17, 15) is 19.8 Å². The molecule has 1 saturated heterocycles. The summed E-state index contributed by atoms with van der Waals surface area (Å²) in [5.41, 5.74) is 12.3. The number of anilines is 1. The molecule has 2 aromatic heterocycles. The van der Waals surface area contributed by atoms with Gasteiger partial charge in [-0.2, -0.15) is 5.10 Å². The number of carbonyl (C=O) groups is 2. The minimum absolute atomic E-state index is 0.224. The number of aromatic nitrogens is 3. The number of hydrogen-bond acceptors (Lipinski definition) is 12. The molecule has 2 aliphatic rings. The molecule has 0 aromatic carbocycles. The number of carbonyl (C=O) groups excluding carboxylic acids is 1. The van der Waals surface area contributed by atoms with E-state index in [0.29, 0.717) is 22.4 Å². The van der Waals surface area contributed by atoms with E-state index >= 15 is 0 Å². The van der Waals surface area contributed by atoms with Crippen LogP contribution in [0.5, 0.6) is 0 Å². The van der Waals surface area contributed by atoms with Crippen molar-refractivity contribution in [2.75, 3.05) is 18.7 Å². The van der Waals surface area contributed by atoms with Gasteiger partial charge in [0.15, 0.2) is 17.9 Å². The number of nitrogens with zero attached hydrogens (tertiary/aromatic N) is 5. The topological polar surface area (TPSA) is 212 Å². The molecule has 14 nitrogen and oxygen atoms in total. The predicted octanol–water partition coefficient (Wildman–Crippen LogP) is -2.53. The first kappa shape index (κ1) is 20.9. The lowest BCUT2D eigenvalue weighted by Crippen LogP contribution is -2.36. The van der Waals surface area contributed by atoms with Crippen molar-refractivity contribution in [2.24, 2.45) is 16.6 Å². The van der Waals surface area contributed by atoms with Crippen molar-refractivity contribution in [1.29, 1.82) is 0 Å². The zero-order chi connectivity index (χ0) is 22.4. The fourth-order valence-corrected chi connectivity index (χ4v) is 3.56. The lowest BCUT2D eigenvalue weighted by Gasteiger charge is -2.19. The number of aliphatic hydroxyl groups excluding tert-OH is 2. The molecule has 0 radical (unpaired) electrons. The highest BCUT2D eigenvalue weighted by Crippen LogP contribution is 2.37. The summed E-state index contributed by atoms with van der Waals surface area (Å²) in [6.07, 6.45) is -2.50. The largest absolute Gasteiger partial charge is 0.480 e. The zero-order valence-corrected chi connectivity index (χ0v) is 16.3. The van der Waals surface area contributed by atoms with Gasteiger partial charge in [0, 0.05) is 18.8 Å². The van der Waals surface area contributed by atoms with Crippen molar-refractivity contribution < 1.29 is 34.4 Å². The van der Waals surface area contributed by atoms with Crippen molar-refractivity contribution in [3.05, 3.63) is 18.1 Å². The van der Waals surface area contributed by atoms with Gasteiger partial charge in [0.05, 0.1) is 11.8 Å². The van der Waals surface area contributed by atoms with E-state index in [1.54, 1.807) is 13.2 Å². The number of amidine groups is 1. The molecule has 31 heavy (non-hydrogen) atoms. The Kier molecular flexibility index (Phi) is 5.22. The van der Waals surface area contributed by atoms with Crippen LogP contribution in [0.1, 0.15) is 18.2 Å². The number of esters is 1. The maximum absolute atomic E-state index is 11.8. The van der Waals surface area contributed by atoms with Crippen molar-refractivity contribution in [3.63, 3.8) is 0 Å². The summed E-state index contributed by atoms with van der Waals surface area (Å²) in [4.78, 5) is 31.0. The maximum atomic E-state index is 11.8. The zero-order valence-electron chi connectivity index (χ0n) is 16.3. The van der Waals surface area contributed by atoms with Crippen molar-refractivity contribution in [3.8, 4) is 0 Å². The van der Waals surface area contributed by atoms with E-state index in [1.807, 2.05) is 0 Å². The Morgan fingerprint density at radius 2 is 2.06 bits per heavy atom. The van der Waals surface area contributed by atoms with E-state index in [4.69, 9.17) is 26.0 Å². The number of ether oxygens (including phenoxy) is 2. The predicted molar refractivity (Wildman–Crippen MR) is 104 cm³/mol. The first-order chi connectivity index (χ1) is 14.7. The van der Waals surface area contributed by atoms with Crippen molar-refractivity contribution in [2.45, 2.75) is 37.0 Å². The van der Waals surface area contributed by atoms with Gasteiger partial charge in [0.1, 0.15) is 42.9 Å². The van der Waals surface area contributed by atoms with Gasteiger partial charge in [-0.3, -0.25) is 9.59 Å². The summed E-state index contributed by atoms with van der Waals surface area (Å²) in [6.45, 7) is -0.404. The Balaban J connectivity index is 1.54. The van der Waals surface area contributed by atoms with Crippen LogP contribution in [0.15, 0.2) is 17.6 Å². The van der Waals surface area contributed by atoms with Gasteiger partial charge in [0.2, 0.25) is 0 Å². The second-order valence-corrected chi connectivity index (χ2v) is 7.23. The highest BCUT2D eigenvalue weighted by Gasteiger charge is 2.45. The smallest absolute Gasteiger partial charge is 0.321 e. The van der Waals surface area contributed by atoms with E-state index < -0.39 is 55.5 Å². The van der Waals surface area contributed by atoms with Crippen LogP contribution in [0.4, 0.5) is 5.82 Å². The normalized spacial score (nSPS) is 26.1. The van der Waals surface area contributed by atoms with Crippen LogP contribution >= 0.6 is 0 Å². The second kappa shape index (κ2) is 7.73. The van der Waals surface area contributed by atoms with Gasteiger partial charge in [0.25, 0.3) is 0 Å². The third kappa shape index (κ3) is 3.54. The quantitative estimate of drug-likeness (QED) is 0.297. The lowest BCUT2D eigenvalue weighted by molar-refractivity contribution is -0.153. The standard InChI is InChI=1S/C17H21N7O7/c1-23-14-10-6(13(19)22-23)3-24(15(10)21-5-20-14)16-12(27)11(26)8(31-16)4-30-9(25)2-7(18)17(28)29/h3,5,7-8,11-12,16,26-27H,2,4,18H2,1H3,(H2,19,22)(H,28,29)/t7-,8+,11+,12+,16+/m0/s1. The average molecular weight is 435 g/mol. The van der Waals surface area contributed by atoms with E-state index in [2.05, 4.69) is 15.1 Å². The Morgan fingerprint density at radius 3 is 2.77 bits per heavy atom. The molecule has 4 rings (SSSR count). The number of aliphatic hydroxyl groups is 2. The molecule has 0 saturated carbocycles. The molecule has 7 N–H and O–H groups in total. The molecule has 0 unspecified atom stereocenters. The summed E-state index contributed by atoms with van der Waals surface area (Å²) >= 11 is 0. The lowest BCUT2D eigenvalue weighted by atomic mass is 10.1. The molecule has 4 heterocycles. The summed E-state index contributed by atoms with van der Waals surface area (Å²) in [5.74, 6) is -1.47. The molecule has 2 aliphatic heterocycles. The van der Waals surface area contributed by atoms with Gasteiger partial charge < -0.3 is 40.8 Å². The van der Waals surface area contributed by atoms with Crippen LogP contribution in [0.3, 0.4) is 0 Å². The minimum Gasteiger partial charge on any atom is -0.480 e. The second-order valence-electron chi connectivity index (χ2n) is 7.23. The molecular formula is C17H21N7O7. The number of hydrogen-bond donors (Lipinski definition) is 5. The Morgan fingerprint density at radius 1 is 1.32 bits per heavy atom. The minimum atomic E-state index is -1.40. The molecule has 0 spiro atoms. The average Bonchev–Trinajstić information content (AvgIpc) is 3.24. The van der Waals surface area contributed by atoms with Gasteiger partial charge in [-0.15, -0.1) is 0 Å². The molecule has 2 aromatic rings. The molecule has 0 aliphatic carbocycles. The number of carboxylic acids is 1. The summed E-state index contributed by atoms with van der Waals surface area (Å²) in [6, 6.07) is -1.40. The summed E-state index contributed by atoms with van der Waals surface area (Å²) in [7, 11) is 1.68. The van der Waals surface area contributed by atoms with Crippen LogP contribution in [-0.2, 0) is 19.1 Å². The SMILES string of the molecule is CN1N=C(N)c2cn([C@@H]3O[C@H](COC(=O)C[C@H](N)C(=O)O)[C@@H](O)[C@H]3O)c3ncnc1c23. The monoisotopic (exact) mass is 435 g/mol.